The van der Waals surface area contributed by atoms with Crippen molar-refractivity contribution < 1.29 is 9.47 Å². The van der Waals surface area contributed by atoms with Gasteiger partial charge in [-0.1, -0.05) is 12.1 Å². The maximum atomic E-state index is 6.27. The molecule has 0 fully saturated rings. The van der Waals surface area contributed by atoms with E-state index in [1.54, 1.807) is 13.3 Å². The number of nitrogens with two attached hydrogens (primary N) is 1. The van der Waals surface area contributed by atoms with E-state index in [1.165, 1.54) is 5.56 Å². The van der Waals surface area contributed by atoms with Crippen molar-refractivity contribution in [3.8, 4) is 11.5 Å². The first-order chi connectivity index (χ1) is 10.2. The van der Waals surface area contributed by atoms with Crippen LogP contribution in [-0.4, -0.2) is 23.5 Å². The van der Waals surface area contributed by atoms with Crippen molar-refractivity contribution in [2.24, 2.45) is 5.73 Å². The molecule has 1 unspecified atom stereocenters. The molecule has 2 rings (SSSR count). The molecule has 5 nitrogen and oxygen atoms in total. The Bertz CT molecular complexity index is 559. The minimum Gasteiger partial charge on any atom is -0.494 e. The summed E-state index contributed by atoms with van der Waals surface area (Å²) in [5.74, 6) is 1.61. The first-order valence-electron chi connectivity index (χ1n) is 7.20. The molecule has 1 atom stereocenters. The SMILES string of the molecule is CCn1ncc(OC)c1C(N)CCOc1cccc(C)c1. The fourth-order valence-electron chi connectivity index (χ4n) is 2.31. The van der Waals surface area contributed by atoms with E-state index in [-0.39, 0.29) is 6.04 Å². The van der Waals surface area contributed by atoms with Crippen LogP contribution in [0.5, 0.6) is 11.5 Å². The van der Waals surface area contributed by atoms with Gasteiger partial charge in [-0.2, -0.15) is 5.10 Å². The summed E-state index contributed by atoms with van der Waals surface area (Å²) in [5, 5.41) is 4.28. The fourth-order valence-corrected chi connectivity index (χ4v) is 2.31. The average molecular weight is 289 g/mol. The lowest BCUT2D eigenvalue weighted by molar-refractivity contribution is 0.293. The molecule has 0 saturated carbocycles. The summed E-state index contributed by atoms with van der Waals surface area (Å²) in [4.78, 5) is 0. The molecule has 0 aliphatic rings. The van der Waals surface area contributed by atoms with Gasteiger partial charge in [-0.25, -0.2) is 0 Å². The van der Waals surface area contributed by atoms with Gasteiger partial charge in [0.2, 0.25) is 0 Å². The van der Waals surface area contributed by atoms with Crippen LogP contribution in [0.2, 0.25) is 0 Å². The van der Waals surface area contributed by atoms with Crippen LogP contribution >= 0.6 is 0 Å². The van der Waals surface area contributed by atoms with E-state index in [0.29, 0.717) is 13.0 Å². The second-order valence-electron chi connectivity index (χ2n) is 4.97. The Morgan fingerprint density at radius 3 is 2.86 bits per heavy atom. The maximum absolute atomic E-state index is 6.27. The largest absolute Gasteiger partial charge is 0.494 e. The highest BCUT2D eigenvalue weighted by atomic mass is 16.5. The number of methoxy groups -OCH3 is 1. The third-order valence-corrected chi connectivity index (χ3v) is 3.40. The van der Waals surface area contributed by atoms with Crippen molar-refractivity contribution in [2.75, 3.05) is 13.7 Å². The second-order valence-corrected chi connectivity index (χ2v) is 4.97. The summed E-state index contributed by atoms with van der Waals surface area (Å²) >= 11 is 0. The number of aromatic nitrogens is 2. The maximum Gasteiger partial charge on any atom is 0.161 e. The van der Waals surface area contributed by atoms with Crippen LogP contribution in [0, 0.1) is 6.92 Å². The predicted octanol–water partition coefficient (Wildman–Crippen LogP) is 2.69. The third kappa shape index (κ3) is 3.76. The highest BCUT2D eigenvalue weighted by Gasteiger charge is 2.18. The average Bonchev–Trinajstić information content (AvgIpc) is 2.90. The first-order valence-corrected chi connectivity index (χ1v) is 7.20. The lowest BCUT2D eigenvalue weighted by Gasteiger charge is -2.15. The number of aryl methyl sites for hydroxylation is 2. The normalized spacial score (nSPS) is 12.2. The van der Waals surface area contributed by atoms with E-state index in [0.717, 1.165) is 23.7 Å². The Hall–Kier alpha value is -2.01. The van der Waals surface area contributed by atoms with Crippen LogP contribution < -0.4 is 15.2 Å². The summed E-state index contributed by atoms with van der Waals surface area (Å²) < 4.78 is 12.9. The second kappa shape index (κ2) is 7.13. The highest BCUT2D eigenvalue weighted by molar-refractivity contribution is 5.29. The molecule has 0 amide bonds. The van der Waals surface area contributed by atoms with Gasteiger partial charge in [-0.3, -0.25) is 4.68 Å². The molecule has 0 bridgehead atoms. The molecule has 0 aliphatic carbocycles. The van der Waals surface area contributed by atoms with Crippen molar-refractivity contribution in [2.45, 2.75) is 32.9 Å². The quantitative estimate of drug-likeness (QED) is 0.851. The van der Waals surface area contributed by atoms with Gasteiger partial charge in [0.05, 0.1) is 31.6 Å². The Morgan fingerprint density at radius 2 is 2.19 bits per heavy atom. The van der Waals surface area contributed by atoms with Gasteiger partial charge < -0.3 is 15.2 Å². The topological polar surface area (TPSA) is 62.3 Å². The molecule has 1 aromatic carbocycles. The summed E-state index contributed by atoms with van der Waals surface area (Å²) in [5.41, 5.74) is 8.37. The molecule has 2 aromatic rings. The van der Waals surface area contributed by atoms with Gasteiger partial charge in [0.15, 0.2) is 5.75 Å². The highest BCUT2D eigenvalue weighted by Crippen LogP contribution is 2.25. The van der Waals surface area contributed by atoms with Gasteiger partial charge in [0, 0.05) is 13.0 Å². The zero-order valence-corrected chi connectivity index (χ0v) is 12.9. The van der Waals surface area contributed by atoms with Crippen molar-refractivity contribution in [3.63, 3.8) is 0 Å². The zero-order valence-electron chi connectivity index (χ0n) is 12.9. The van der Waals surface area contributed by atoms with Gasteiger partial charge >= 0.3 is 0 Å². The van der Waals surface area contributed by atoms with Crippen LogP contribution in [0.1, 0.15) is 30.6 Å². The van der Waals surface area contributed by atoms with E-state index < -0.39 is 0 Å². The van der Waals surface area contributed by atoms with E-state index in [9.17, 15) is 0 Å². The molecule has 1 heterocycles. The fraction of sp³-hybridized carbons (Fsp3) is 0.438. The van der Waals surface area contributed by atoms with E-state index in [2.05, 4.69) is 5.10 Å². The lowest BCUT2D eigenvalue weighted by atomic mass is 10.1. The molecule has 5 heteroatoms. The predicted molar refractivity (Wildman–Crippen MR) is 82.7 cm³/mol. The van der Waals surface area contributed by atoms with Gasteiger partial charge in [0.1, 0.15) is 5.75 Å². The molecule has 0 aliphatic heterocycles. The van der Waals surface area contributed by atoms with Crippen LogP contribution in [0.3, 0.4) is 0 Å². The number of ether oxygens (including phenoxy) is 2. The summed E-state index contributed by atoms with van der Waals surface area (Å²) in [6.07, 6.45) is 2.41. The molecular weight excluding hydrogens is 266 g/mol. The van der Waals surface area contributed by atoms with Crippen LogP contribution in [-0.2, 0) is 6.54 Å². The Balaban J connectivity index is 1.95. The number of hydrogen-bond acceptors (Lipinski definition) is 4. The monoisotopic (exact) mass is 289 g/mol. The minimum absolute atomic E-state index is 0.160. The van der Waals surface area contributed by atoms with Gasteiger partial charge in [0.25, 0.3) is 0 Å². The van der Waals surface area contributed by atoms with Crippen LogP contribution in [0.15, 0.2) is 30.5 Å². The molecule has 0 radical (unpaired) electrons. The van der Waals surface area contributed by atoms with E-state index in [1.807, 2.05) is 42.8 Å². The molecule has 0 spiro atoms. The Labute approximate surface area is 125 Å². The van der Waals surface area contributed by atoms with Crippen molar-refractivity contribution >= 4 is 0 Å². The molecule has 0 saturated heterocycles. The first kappa shape index (κ1) is 15.4. The van der Waals surface area contributed by atoms with Gasteiger partial charge in [-0.15, -0.1) is 0 Å². The summed E-state index contributed by atoms with van der Waals surface area (Å²) in [6.45, 7) is 5.41. The molecular formula is C16H23N3O2. The third-order valence-electron chi connectivity index (χ3n) is 3.40. The zero-order chi connectivity index (χ0) is 15.2. The number of rotatable bonds is 7. The van der Waals surface area contributed by atoms with E-state index >= 15 is 0 Å². The molecule has 2 N–H and O–H groups in total. The number of hydrogen-bond donors (Lipinski definition) is 1. The van der Waals surface area contributed by atoms with Gasteiger partial charge in [-0.05, 0) is 31.5 Å². The Morgan fingerprint density at radius 1 is 1.38 bits per heavy atom. The van der Waals surface area contributed by atoms with Crippen molar-refractivity contribution in [1.29, 1.82) is 0 Å². The Kier molecular flexibility index (Phi) is 5.22. The number of nitrogens with zero attached hydrogens (tertiary/aromatic N) is 2. The molecule has 21 heavy (non-hydrogen) atoms. The standard InChI is InChI=1S/C16H23N3O2/c1-4-19-16(15(20-3)11-18-19)14(17)8-9-21-13-7-5-6-12(2)10-13/h5-7,10-11,14H,4,8-9,17H2,1-3H3. The lowest BCUT2D eigenvalue weighted by Crippen LogP contribution is -2.19. The summed E-state index contributed by atoms with van der Waals surface area (Å²) in [7, 11) is 1.64. The van der Waals surface area contributed by atoms with E-state index in [4.69, 9.17) is 15.2 Å². The van der Waals surface area contributed by atoms with Crippen molar-refractivity contribution in [1.82, 2.24) is 9.78 Å². The smallest absolute Gasteiger partial charge is 0.161 e. The molecule has 114 valence electrons. The van der Waals surface area contributed by atoms with Crippen molar-refractivity contribution in [3.05, 3.63) is 41.7 Å². The summed E-state index contributed by atoms with van der Waals surface area (Å²) in [6, 6.07) is 7.84. The van der Waals surface area contributed by atoms with Crippen LogP contribution in [0.25, 0.3) is 0 Å². The number of benzene rings is 1. The van der Waals surface area contributed by atoms with Crippen LogP contribution in [0.4, 0.5) is 0 Å². The minimum atomic E-state index is -0.160. The molecule has 1 aromatic heterocycles.